The van der Waals surface area contributed by atoms with Crippen molar-refractivity contribution in [3.8, 4) is 5.75 Å². The fourth-order valence-corrected chi connectivity index (χ4v) is 1.63. The average Bonchev–Trinajstić information content (AvgIpc) is 2.33. The van der Waals surface area contributed by atoms with E-state index in [2.05, 4.69) is 5.32 Å². The number of likely N-dealkylation sites (N-methyl/N-ethyl adjacent to an activating group) is 1. The second kappa shape index (κ2) is 6.64. The van der Waals surface area contributed by atoms with Crippen LogP contribution >= 0.6 is 0 Å². The number of rotatable bonds is 6. The summed E-state index contributed by atoms with van der Waals surface area (Å²) in [5.74, 6) is -0.110. The van der Waals surface area contributed by atoms with Gasteiger partial charge in [0.05, 0.1) is 5.56 Å². The lowest BCUT2D eigenvalue weighted by molar-refractivity contribution is -0.139. The van der Waals surface area contributed by atoms with Crippen LogP contribution in [0.15, 0.2) is 24.3 Å². The van der Waals surface area contributed by atoms with Crippen LogP contribution in [0.4, 0.5) is 13.2 Å². The van der Waals surface area contributed by atoms with Crippen LogP contribution < -0.4 is 10.1 Å². The molecule has 0 aliphatic rings. The molecule has 1 N–H and O–H groups in total. The number of halogens is 3. The summed E-state index contributed by atoms with van der Waals surface area (Å²) in [6.07, 6.45) is -3.57. The van der Waals surface area contributed by atoms with Gasteiger partial charge in [0.25, 0.3) is 0 Å². The predicted molar refractivity (Wildman–Crippen MR) is 64.7 cm³/mol. The van der Waals surface area contributed by atoms with E-state index in [0.717, 1.165) is 19.0 Å². The van der Waals surface area contributed by atoms with Crippen molar-refractivity contribution in [2.45, 2.75) is 32.5 Å². The Morgan fingerprint density at radius 3 is 2.44 bits per heavy atom. The van der Waals surface area contributed by atoms with Gasteiger partial charge in [-0.15, -0.1) is 0 Å². The van der Waals surface area contributed by atoms with Gasteiger partial charge in [-0.25, -0.2) is 0 Å². The third-order valence-corrected chi connectivity index (χ3v) is 2.62. The molecule has 1 rings (SSSR count). The quantitative estimate of drug-likeness (QED) is 0.846. The molecule has 0 aliphatic carbocycles. The molecule has 2 nitrogen and oxygen atoms in total. The van der Waals surface area contributed by atoms with E-state index in [9.17, 15) is 13.2 Å². The molecule has 0 saturated heterocycles. The first-order valence-electron chi connectivity index (χ1n) is 6.01. The van der Waals surface area contributed by atoms with Crippen LogP contribution in [0, 0.1) is 0 Å². The van der Waals surface area contributed by atoms with Crippen molar-refractivity contribution in [1.29, 1.82) is 0 Å². The van der Waals surface area contributed by atoms with E-state index in [0.29, 0.717) is 0 Å². The highest BCUT2D eigenvalue weighted by atomic mass is 19.4. The number of hydrogen-bond acceptors (Lipinski definition) is 2. The van der Waals surface area contributed by atoms with Crippen molar-refractivity contribution in [2.24, 2.45) is 0 Å². The summed E-state index contributed by atoms with van der Waals surface area (Å²) in [7, 11) is 0. The van der Waals surface area contributed by atoms with Gasteiger partial charge in [-0.05, 0) is 25.1 Å². The van der Waals surface area contributed by atoms with Crippen molar-refractivity contribution in [1.82, 2.24) is 5.32 Å². The van der Waals surface area contributed by atoms with E-state index >= 15 is 0 Å². The molecule has 1 atom stereocenters. The van der Waals surface area contributed by atoms with E-state index in [4.69, 9.17) is 4.74 Å². The monoisotopic (exact) mass is 261 g/mol. The minimum atomic E-state index is -4.38. The van der Waals surface area contributed by atoms with E-state index in [-0.39, 0.29) is 18.4 Å². The molecule has 0 saturated carbocycles. The fraction of sp³-hybridized carbons (Fsp3) is 0.538. The molecule has 102 valence electrons. The van der Waals surface area contributed by atoms with Gasteiger partial charge in [0.15, 0.2) is 0 Å². The number of benzene rings is 1. The normalized spacial score (nSPS) is 13.4. The lowest BCUT2D eigenvalue weighted by Crippen LogP contribution is -2.34. The second-order valence-corrected chi connectivity index (χ2v) is 3.97. The molecule has 0 bridgehead atoms. The zero-order valence-electron chi connectivity index (χ0n) is 10.6. The third kappa shape index (κ3) is 4.22. The summed E-state index contributed by atoms with van der Waals surface area (Å²) in [5, 5.41) is 3.15. The highest BCUT2D eigenvalue weighted by molar-refractivity contribution is 5.35. The zero-order chi connectivity index (χ0) is 13.6. The SMILES string of the molecule is CCNC(CC)COc1ccccc1C(F)(F)F. The van der Waals surface area contributed by atoms with Crippen molar-refractivity contribution in [3.05, 3.63) is 29.8 Å². The first-order chi connectivity index (χ1) is 8.49. The molecular formula is C13H18F3NO. The van der Waals surface area contributed by atoms with Gasteiger partial charge in [-0.3, -0.25) is 0 Å². The summed E-state index contributed by atoms with van der Waals surface area (Å²) < 4.78 is 43.4. The van der Waals surface area contributed by atoms with E-state index in [1.165, 1.54) is 12.1 Å². The Kier molecular flexibility index (Phi) is 5.47. The van der Waals surface area contributed by atoms with E-state index < -0.39 is 11.7 Å². The summed E-state index contributed by atoms with van der Waals surface area (Å²) in [4.78, 5) is 0. The van der Waals surface area contributed by atoms with Crippen LogP contribution in [0.25, 0.3) is 0 Å². The standard InChI is InChI=1S/C13H18F3NO/c1-3-10(17-4-2)9-18-12-8-6-5-7-11(12)13(14,15)16/h5-8,10,17H,3-4,9H2,1-2H3. The lowest BCUT2D eigenvalue weighted by atomic mass is 10.2. The van der Waals surface area contributed by atoms with Crippen molar-refractivity contribution >= 4 is 0 Å². The maximum absolute atomic E-state index is 12.7. The topological polar surface area (TPSA) is 21.3 Å². The van der Waals surface area contributed by atoms with E-state index in [1.807, 2.05) is 13.8 Å². The van der Waals surface area contributed by atoms with Crippen LogP contribution in [-0.2, 0) is 6.18 Å². The Morgan fingerprint density at radius 1 is 1.22 bits per heavy atom. The molecule has 0 amide bonds. The first-order valence-corrected chi connectivity index (χ1v) is 6.01. The molecule has 18 heavy (non-hydrogen) atoms. The van der Waals surface area contributed by atoms with Crippen molar-refractivity contribution < 1.29 is 17.9 Å². The Hall–Kier alpha value is -1.23. The smallest absolute Gasteiger partial charge is 0.419 e. The maximum atomic E-state index is 12.7. The highest BCUT2D eigenvalue weighted by Crippen LogP contribution is 2.35. The largest absolute Gasteiger partial charge is 0.491 e. The fourth-order valence-electron chi connectivity index (χ4n) is 1.63. The van der Waals surface area contributed by atoms with Gasteiger partial charge in [0, 0.05) is 6.04 Å². The van der Waals surface area contributed by atoms with Crippen LogP contribution in [0.2, 0.25) is 0 Å². The van der Waals surface area contributed by atoms with Gasteiger partial charge < -0.3 is 10.1 Å². The third-order valence-electron chi connectivity index (χ3n) is 2.62. The van der Waals surface area contributed by atoms with Crippen LogP contribution in [-0.4, -0.2) is 19.2 Å². The Bertz CT molecular complexity index is 365. The molecule has 1 unspecified atom stereocenters. The average molecular weight is 261 g/mol. The molecule has 1 aromatic carbocycles. The molecule has 0 heterocycles. The van der Waals surface area contributed by atoms with E-state index in [1.54, 1.807) is 6.07 Å². The minimum absolute atomic E-state index is 0.0660. The molecule has 0 aromatic heterocycles. The van der Waals surface area contributed by atoms with Gasteiger partial charge in [-0.1, -0.05) is 26.0 Å². The molecule has 5 heteroatoms. The number of hydrogen-bond donors (Lipinski definition) is 1. The molecule has 0 radical (unpaired) electrons. The molecule has 0 aliphatic heterocycles. The van der Waals surface area contributed by atoms with Crippen molar-refractivity contribution in [3.63, 3.8) is 0 Å². The number of ether oxygens (including phenoxy) is 1. The maximum Gasteiger partial charge on any atom is 0.419 e. The molecular weight excluding hydrogens is 243 g/mol. The molecule has 0 spiro atoms. The van der Waals surface area contributed by atoms with Crippen LogP contribution in [0.3, 0.4) is 0 Å². The van der Waals surface area contributed by atoms with Crippen LogP contribution in [0.1, 0.15) is 25.8 Å². The molecule has 1 aromatic rings. The second-order valence-electron chi connectivity index (χ2n) is 3.97. The van der Waals surface area contributed by atoms with Gasteiger partial charge in [0.1, 0.15) is 12.4 Å². The summed E-state index contributed by atoms with van der Waals surface area (Å²) in [6.45, 7) is 4.92. The Labute approximate surface area is 105 Å². The Morgan fingerprint density at radius 2 is 1.89 bits per heavy atom. The zero-order valence-corrected chi connectivity index (χ0v) is 10.6. The van der Waals surface area contributed by atoms with Crippen molar-refractivity contribution in [2.75, 3.05) is 13.2 Å². The number of nitrogens with one attached hydrogen (secondary N) is 1. The number of alkyl halides is 3. The Balaban J connectivity index is 2.73. The summed E-state index contributed by atoms with van der Waals surface area (Å²) in [6, 6.07) is 5.34. The van der Waals surface area contributed by atoms with Gasteiger partial charge in [-0.2, -0.15) is 13.2 Å². The first kappa shape index (κ1) is 14.8. The minimum Gasteiger partial charge on any atom is -0.491 e. The predicted octanol–water partition coefficient (Wildman–Crippen LogP) is 3.47. The lowest BCUT2D eigenvalue weighted by Gasteiger charge is -2.19. The summed E-state index contributed by atoms with van der Waals surface area (Å²) in [5.41, 5.74) is -0.726. The highest BCUT2D eigenvalue weighted by Gasteiger charge is 2.34. The van der Waals surface area contributed by atoms with Gasteiger partial charge in [0.2, 0.25) is 0 Å². The molecule has 0 fully saturated rings. The van der Waals surface area contributed by atoms with Crippen LogP contribution in [0.5, 0.6) is 5.75 Å². The summed E-state index contributed by atoms with van der Waals surface area (Å²) >= 11 is 0. The number of para-hydroxylation sites is 1. The van der Waals surface area contributed by atoms with Gasteiger partial charge >= 0.3 is 6.18 Å².